The molecule has 2 aromatic heterocycles. The van der Waals surface area contributed by atoms with Crippen LogP contribution in [0.3, 0.4) is 0 Å². The van der Waals surface area contributed by atoms with Crippen LogP contribution in [0.5, 0.6) is 0 Å². The summed E-state index contributed by atoms with van der Waals surface area (Å²) in [5.41, 5.74) is 3.34. The van der Waals surface area contributed by atoms with Gasteiger partial charge >= 0.3 is 0 Å². The van der Waals surface area contributed by atoms with Crippen molar-refractivity contribution < 1.29 is 14.0 Å². The molecule has 0 atom stereocenters. The first-order chi connectivity index (χ1) is 15.6. The maximum atomic E-state index is 13.5. The van der Waals surface area contributed by atoms with Crippen molar-refractivity contribution in [1.29, 1.82) is 0 Å². The second-order valence-corrected chi connectivity index (χ2v) is 8.01. The maximum Gasteiger partial charge on any atom is 0.255 e. The first-order valence-corrected chi connectivity index (χ1v) is 10.8. The Hall–Kier alpha value is -3.84. The van der Waals surface area contributed by atoms with Crippen molar-refractivity contribution in [1.82, 2.24) is 4.98 Å². The van der Waals surface area contributed by atoms with E-state index in [0.29, 0.717) is 22.5 Å². The Kier molecular flexibility index (Phi) is 6.67. The molecule has 5 nitrogen and oxygen atoms in total. The van der Waals surface area contributed by atoms with Gasteiger partial charge in [-0.2, -0.15) is 4.39 Å². The number of amides is 2. The number of carbonyl (C=O) groups is 2. The van der Waals surface area contributed by atoms with E-state index in [4.69, 9.17) is 0 Å². The number of halogens is 1. The molecule has 0 aliphatic heterocycles. The monoisotopic (exact) mass is 445 g/mol. The highest BCUT2D eigenvalue weighted by Gasteiger charge is 2.18. The normalized spacial score (nSPS) is 10.5. The molecule has 7 heteroatoms. The number of nitrogens with one attached hydrogen (secondary N) is 1. The Balaban J connectivity index is 1.53. The molecule has 0 aliphatic rings. The number of carbonyl (C=O) groups excluding carboxylic acids is 2. The molecule has 0 spiro atoms. The van der Waals surface area contributed by atoms with Gasteiger partial charge in [-0.25, -0.2) is 0 Å². The van der Waals surface area contributed by atoms with E-state index >= 15 is 0 Å². The molecule has 4 aromatic rings. The Morgan fingerprint density at radius 1 is 0.969 bits per heavy atom. The largest absolute Gasteiger partial charge is 0.322 e. The Morgan fingerprint density at radius 3 is 2.41 bits per heavy atom. The summed E-state index contributed by atoms with van der Waals surface area (Å²) in [6.07, 6.45) is 3.48. The number of rotatable bonds is 7. The minimum atomic E-state index is -0.293. The standard InChI is InChI=1S/C25H20FN3O2S/c26-23-13-19(17-32-23)16-29(24(30)14-18-5-4-12-27-15-18)22-10-8-21(9-11-22)28-25(31)20-6-2-1-3-7-20/h1-13,15,17H,14,16H2,(H,28,31). The summed E-state index contributed by atoms with van der Waals surface area (Å²) in [4.78, 5) is 31.2. The molecule has 1 N–H and O–H groups in total. The van der Waals surface area contributed by atoms with Crippen LogP contribution in [0.15, 0.2) is 90.6 Å². The van der Waals surface area contributed by atoms with Gasteiger partial charge in [0.1, 0.15) is 0 Å². The predicted molar refractivity (Wildman–Crippen MR) is 124 cm³/mol. The van der Waals surface area contributed by atoms with Crippen LogP contribution in [-0.4, -0.2) is 16.8 Å². The molecular formula is C25H20FN3O2S. The lowest BCUT2D eigenvalue weighted by molar-refractivity contribution is -0.118. The third kappa shape index (κ3) is 5.44. The van der Waals surface area contributed by atoms with E-state index in [1.807, 2.05) is 12.1 Å². The van der Waals surface area contributed by atoms with Gasteiger partial charge in [0.2, 0.25) is 5.91 Å². The predicted octanol–water partition coefficient (Wildman–Crippen LogP) is 5.31. The third-order valence-electron chi connectivity index (χ3n) is 4.81. The number of pyridine rings is 1. The molecule has 2 aromatic carbocycles. The Labute approximate surface area is 189 Å². The topological polar surface area (TPSA) is 62.3 Å². The van der Waals surface area contributed by atoms with E-state index in [1.54, 1.807) is 77.3 Å². The van der Waals surface area contributed by atoms with Crippen molar-refractivity contribution in [2.24, 2.45) is 0 Å². The number of benzene rings is 2. The summed E-state index contributed by atoms with van der Waals surface area (Å²) >= 11 is 1.00. The van der Waals surface area contributed by atoms with Gasteiger partial charge in [-0.15, -0.1) is 11.3 Å². The minimum Gasteiger partial charge on any atom is -0.322 e. The van der Waals surface area contributed by atoms with E-state index in [-0.39, 0.29) is 29.9 Å². The van der Waals surface area contributed by atoms with Crippen molar-refractivity contribution in [3.05, 3.63) is 112 Å². The summed E-state index contributed by atoms with van der Waals surface area (Å²) in [6, 6.07) is 21.0. The zero-order valence-electron chi connectivity index (χ0n) is 17.1. The molecule has 0 aliphatic carbocycles. The minimum absolute atomic E-state index is 0.134. The first kappa shape index (κ1) is 21.4. The highest BCUT2D eigenvalue weighted by atomic mass is 32.1. The fraction of sp³-hybridized carbons (Fsp3) is 0.0800. The van der Waals surface area contributed by atoms with Crippen LogP contribution in [0, 0.1) is 5.13 Å². The van der Waals surface area contributed by atoms with E-state index in [1.165, 1.54) is 6.07 Å². The van der Waals surface area contributed by atoms with Gasteiger partial charge in [0.15, 0.2) is 5.13 Å². The molecule has 32 heavy (non-hydrogen) atoms. The quantitative estimate of drug-likeness (QED) is 0.419. The molecule has 0 bridgehead atoms. The average Bonchev–Trinajstić information content (AvgIpc) is 3.24. The summed E-state index contributed by atoms with van der Waals surface area (Å²) < 4.78 is 13.5. The van der Waals surface area contributed by atoms with Crippen LogP contribution < -0.4 is 10.2 Å². The summed E-state index contributed by atoms with van der Waals surface area (Å²) in [6.45, 7) is 0.245. The Bertz CT molecular complexity index is 1190. The van der Waals surface area contributed by atoms with Crippen LogP contribution in [0.25, 0.3) is 0 Å². The van der Waals surface area contributed by atoms with Crippen molar-refractivity contribution in [3.8, 4) is 0 Å². The number of aromatic nitrogens is 1. The summed E-state index contributed by atoms with van der Waals surface area (Å²) in [5, 5.41) is 4.26. The third-order valence-corrected chi connectivity index (χ3v) is 5.58. The fourth-order valence-electron chi connectivity index (χ4n) is 3.22. The van der Waals surface area contributed by atoms with Crippen LogP contribution in [0.2, 0.25) is 0 Å². The summed E-state index contributed by atoms with van der Waals surface area (Å²) in [7, 11) is 0. The molecule has 2 heterocycles. The Morgan fingerprint density at radius 2 is 1.75 bits per heavy atom. The zero-order valence-corrected chi connectivity index (χ0v) is 17.9. The molecule has 0 saturated heterocycles. The van der Waals surface area contributed by atoms with Crippen molar-refractivity contribution >= 4 is 34.5 Å². The molecule has 160 valence electrons. The van der Waals surface area contributed by atoms with E-state index in [0.717, 1.165) is 16.9 Å². The lowest BCUT2D eigenvalue weighted by Crippen LogP contribution is -2.31. The SMILES string of the molecule is O=C(Nc1ccc(N(Cc2csc(F)c2)C(=O)Cc2cccnc2)cc1)c1ccccc1. The number of hydrogen-bond acceptors (Lipinski definition) is 4. The second-order valence-electron chi connectivity index (χ2n) is 7.14. The lowest BCUT2D eigenvalue weighted by Gasteiger charge is -2.23. The number of thiophene rings is 1. The van der Waals surface area contributed by atoms with Crippen LogP contribution >= 0.6 is 11.3 Å². The molecule has 4 rings (SSSR count). The van der Waals surface area contributed by atoms with Gasteiger partial charge < -0.3 is 10.2 Å². The van der Waals surface area contributed by atoms with Crippen molar-refractivity contribution in [2.75, 3.05) is 10.2 Å². The smallest absolute Gasteiger partial charge is 0.255 e. The van der Waals surface area contributed by atoms with Gasteiger partial charge in [-0.3, -0.25) is 14.6 Å². The number of nitrogens with zero attached hydrogens (tertiary/aromatic N) is 2. The molecule has 0 saturated carbocycles. The summed E-state index contributed by atoms with van der Waals surface area (Å²) in [5.74, 6) is -0.345. The fourth-order valence-corrected chi connectivity index (χ4v) is 3.85. The van der Waals surface area contributed by atoms with Gasteiger partial charge in [-0.05, 0) is 65.0 Å². The number of hydrogen-bond donors (Lipinski definition) is 1. The van der Waals surface area contributed by atoms with Crippen molar-refractivity contribution in [3.63, 3.8) is 0 Å². The lowest BCUT2D eigenvalue weighted by atomic mass is 10.1. The first-order valence-electron chi connectivity index (χ1n) is 9.97. The maximum absolute atomic E-state index is 13.5. The van der Waals surface area contributed by atoms with Gasteiger partial charge in [-0.1, -0.05) is 24.3 Å². The van der Waals surface area contributed by atoms with Gasteiger partial charge in [0, 0.05) is 29.3 Å². The zero-order chi connectivity index (χ0) is 22.3. The van der Waals surface area contributed by atoms with E-state index in [2.05, 4.69) is 10.3 Å². The number of anilines is 2. The van der Waals surface area contributed by atoms with Crippen LogP contribution in [-0.2, 0) is 17.8 Å². The highest BCUT2D eigenvalue weighted by molar-refractivity contribution is 7.08. The molecule has 0 radical (unpaired) electrons. The molecule has 0 unspecified atom stereocenters. The average molecular weight is 446 g/mol. The highest BCUT2D eigenvalue weighted by Crippen LogP contribution is 2.23. The molecule has 2 amide bonds. The van der Waals surface area contributed by atoms with Gasteiger partial charge in [0.25, 0.3) is 5.91 Å². The van der Waals surface area contributed by atoms with Crippen molar-refractivity contribution in [2.45, 2.75) is 13.0 Å². The van der Waals surface area contributed by atoms with Crippen LogP contribution in [0.1, 0.15) is 21.5 Å². The van der Waals surface area contributed by atoms with E-state index in [9.17, 15) is 14.0 Å². The molecule has 0 fully saturated rings. The van der Waals surface area contributed by atoms with E-state index < -0.39 is 0 Å². The van der Waals surface area contributed by atoms with Gasteiger partial charge in [0.05, 0.1) is 13.0 Å². The second kappa shape index (κ2) is 9.98. The van der Waals surface area contributed by atoms with Crippen LogP contribution in [0.4, 0.5) is 15.8 Å². The molecular weight excluding hydrogens is 425 g/mol.